The second-order valence-electron chi connectivity index (χ2n) is 4.27. The van der Waals surface area contributed by atoms with E-state index in [-0.39, 0.29) is 12.0 Å². The van der Waals surface area contributed by atoms with Gasteiger partial charge >= 0.3 is 0 Å². The summed E-state index contributed by atoms with van der Waals surface area (Å²) in [6.07, 6.45) is 1.11. The molecule has 1 aliphatic heterocycles. The molecule has 3 atom stereocenters. The number of hydrogen-bond donors (Lipinski definition) is 0. The molecule has 0 radical (unpaired) electrons. The van der Waals surface area contributed by atoms with Gasteiger partial charge in [-0.3, -0.25) is 4.99 Å². The molecule has 4 heteroatoms. The van der Waals surface area contributed by atoms with E-state index < -0.39 is 11.5 Å². The van der Waals surface area contributed by atoms with Crippen LogP contribution in [-0.2, 0) is 4.74 Å². The van der Waals surface area contributed by atoms with Crippen molar-refractivity contribution < 1.29 is 9.13 Å². The molecule has 2 rings (SSSR count). The average Bonchev–Trinajstić information content (AvgIpc) is 2.94. The first-order valence-electron chi connectivity index (χ1n) is 5.04. The summed E-state index contributed by atoms with van der Waals surface area (Å²) in [5, 5.41) is 0. The van der Waals surface area contributed by atoms with Gasteiger partial charge in [0.05, 0.1) is 5.54 Å². The van der Waals surface area contributed by atoms with Crippen LogP contribution in [0.4, 0.5) is 4.39 Å². The summed E-state index contributed by atoms with van der Waals surface area (Å²) in [6.45, 7) is 7.46. The quantitative estimate of drug-likeness (QED) is 0.643. The molecule has 1 fully saturated rings. The van der Waals surface area contributed by atoms with Crippen molar-refractivity contribution in [3.8, 4) is 0 Å². The summed E-state index contributed by atoms with van der Waals surface area (Å²) in [4.78, 5) is 7.91. The highest BCUT2D eigenvalue weighted by Crippen LogP contribution is 2.50. The fourth-order valence-electron chi connectivity index (χ4n) is 2.18. The van der Waals surface area contributed by atoms with Gasteiger partial charge in [-0.15, -0.1) is 0 Å². The van der Waals surface area contributed by atoms with Gasteiger partial charge in [-0.1, -0.05) is 6.58 Å². The van der Waals surface area contributed by atoms with Crippen molar-refractivity contribution in [2.24, 2.45) is 15.9 Å². The van der Waals surface area contributed by atoms with Gasteiger partial charge in [0.2, 0.25) is 5.97 Å². The first kappa shape index (κ1) is 10.3. The van der Waals surface area contributed by atoms with E-state index in [0.29, 0.717) is 11.5 Å². The van der Waals surface area contributed by atoms with Crippen LogP contribution in [0.15, 0.2) is 22.1 Å². The Morgan fingerprint density at radius 3 is 3.00 bits per heavy atom. The van der Waals surface area contributed by atoms with Gasteiger partial charge in [-0.2, -0.15) is 4.39 Å². The van der Waals surface area contributed by atoms with Crippen LogP contribution in [0.1, 0.15) is 20.3 Å². The number of rotatable bonds is 2. The Morgan fingerprint density at radius 1 is 1.73 bits per heavy atom. The Morgan fingerprint density at radius 2 is 2.40 bits per heavy atom. The minimum atomic E-state index is -0.573. The highest BCUT2D eigenvalue weighted by atomic mass is 19.1. The Labute approximate surface area is 88.8 Å². The average molecular weight is 210 g/mol. The third-order valence-electron chi connectivity index (χ3n) is 3.22. The van der Waals surface area contributed by atoms with Gasteiger partial charge < -0.3 is 4.74 Å². The SMILES string of the molecule is C=C(C(F)=NC)C1(C)N=C(C)OC2CC21. The number of nitrogens with zero attached hydrogens (tertiary/aromatic N) is 2. The summed E-state index contributed by atoms with van der Waals surface area (Å²) in [5.41, 5.74) is -0.212. The largest absolute Gasteiger partial charge is 0.478 e. The molecule has 1 aliphatic carbocycles. The number of hydrogen-bond acceptors (Lipinski definition) is 3. The zero-order valence-electron chi connectivity index (χ0n) is 9.25. The Kier molecular flexibility index (Phi) is 2.17. The third-order valence-corrected chi connectivity index (χ3v) is 3.22. The summed E-state index contributed by atoms with van der Waals surface area (Å²) in [7, 11) is 1.42. The van der Waals surface area contributed by atoms with E-state index in [1.54, 1.807) is 6.92 Å². The molecule has 0 spiro atoms. The van der Waals surface area contributed by atoms with Crippen LogP contribution >= 0.6 is 0 Å². The highest BCUT2D eigenvalue weighted by Gasteiger charge is 2.57. The van der Waals surface area contributed by atoms with Crippen molar-refractivity contribution in [2.75, 3.05) is 7.05 Å². The van der Waals surface area contributed by atoms with E-state index in [2.05, 4.69) is 16.6 Å². The monoisotopic (exact) mass is 210 g/mol. The molecule has 0 bridgehead atoms. The summed E-state index contributed by atoms with van der Waals surface area (Å²) < 4.78 is 18.9. The zero-order chi connectivity index (χ0) is 11.2. The summed E-state index contributed by atoms with van der Waals surface area (Å²) in [5.74, 6) is 0.351. The molecule has 1 heterocycles. The zero-order valence-corrected chi connectivity index (χ0v) is 9.25. The lowest BCUT2D eigenvalue weighted by molar-refractivity contribution is 0.221. The molecule has 0 aromatic carbocycles. The van der Waals surface area contributed by atoms with Crippen molar-refractivity contribution >= 4 is 11.9 Å². The van der Waals surface area contributed by atoms with Crippen LogP contribution in [0.2, 0.25) is 0 Å². The predicted molar refractivity (Wildman–Crippen MR) is 58.1 cm³/mol. The molecular weight excluding hydrogens is 195 g/mol. The smallest absolute Gasteiger partial charge is 0.213 e. The van der Waals surface area contributed by atoms with Crippen LogP contribution < -0.4 is 0 Å². The van der Waals surface area contributed by atoms with Gasteiger partial charge in [0.25, 0.3) is 0 Å². The molecule has 0 saturated heterocycles. The maximum absolute atomic E-state index is 13.4. The molecule has 0 N–H and O–H groups in total. The number of halogens is 1. The summed E-state index contributed by atoms with van der Waals surface area (Å²) in [6, 6.07) is 0. The standard InChI is InChI=1S/C11H15FN2O/c1-6(10(12)13-4)11(3)8-5-9(8)15-7(2)14-11/h8-9H,1,5H2,2-4H3. The van der Waals surface area contributed by atoms with Crippen LogP contribution in [-0.4, -0.2) is 30.6 Å². The molecule has 3 unspecified atom stereocenters. The lowest BCUT2D eigenvalue weighted by Crippen LogP contribution is -2.36. The molecule has 3 nitrogen and oxygen atoms in total. The number of aliphatic imine (C=N–C) groups is 2. The van der Waals surface area contributed by atoms with Crippen LogP contribution in [0.3, 0.4) is 0 Å². The fraction of sp³-hybridized carbons (Fsp3) is 0.636. The molecule has 15 heavy (non-hydrogen) atoms. The first-order chi connectivity index (χ1) is 6.99. The topological polar surface area (TPSA) is 34.0 Å². The lowest BCUT2D eigenvalue weighted by Gasteiger charge is -2.30. The number of ether oxygens (including phenoxy) is 1. The van der Waals surface area contributed by atoms with Crippen LogP contribution in [0.5, 0.6) is 0 Å². The van der Waals surface area contributed by atoms with E-state index in [1.807, 2.05) is 6.92 Å². The van der Waals surface area contributed by atoms with E-state index >= 15 is 0 Å². The Balaban J connectivity index is 2.33. The second kappa shape index (κ2) is 3.15. The van der Waals surface area contributed by atoms with Crippen LogP contribution in [0, 0.1) is 5.92 Å². The van der Waals surface area contributed by atoms with Gasteiger partial charge in [-0.05, 0) is 13.3 Å². The first-order valence-corrected chi connectivity index (χ1v) is 5.04. The normalized spacial score (nSPS) is 38.9. The van der Waals surface area contributed by atoms with E-state index in [9.17, 15) is 4.39 Å². The van der Waals surface area contributed by atoms with Gasteiger partial charge in [0.1, 0.15) is 6.10 Å². The minimum Gasteiger partial charge on any atom is -0.478 e. The maximum atomic E-state index is 13.4. The van der Waals surface area contributed by atoms with E-state index in [0.717, 1.165) is 6.42 Å². The van der Waals surface area contributed by atoms with Crippen molar-refractivity contribution in [3.05, 3.63) is 12.2 Å². The molecule has 0 aromatic rings. The molecule has 82 valence electrons. The van der Waals surface area contributed by atoms with Crippen molar-refractivity contribution in [3.63, 3.8) is 0 Å². The van der Waals surface area contributed by atoms with Crippen molar-refractivity contribution in [1.82, 2.24) is 0 Å². The van der Waals surface area contributed by atoms with Gasteiger partial charge in [0, 0.05) is 25.5 Å². The van der Waals surface area contributed by atoms with Crippen LogP contribution in [0.25, 0.3) is 0 Å². The second-order valence-corrected chi connectivity index (χ2v) is 4.27. The third kappa shape index (κ3) is 1.48. The Hall–Kier alpha value is -1.19. The summed E-state index contributed by atoms with van der Waals surface area (Å²) >= 11 is 0. The highest BCUT2D eigenvalue weighted by molar-refractivity contribution is 5.95. The minimum absolute atomic E-state index is 0.189. The van der Waals surface area contributed by atoms with E-state index in [1.165, 1.54) is 7.05 Å². The van der Waals surface area contributed by atoms with Crippen molar-refractivity contribution in [2.45, 2.75) is 31.9 Å². The molecule has 0 amide bonds. The fourth-order valence-corrected chi connectivity index (χ4v) is 2.18. The van der Waals surface area contributed by atoms with E-state index in [4.69, 9.17) is 4.74 Å². The lowest BCUT2D eigenvalue weighted by atomic mass is 9.87. The Bertz CT molecular complexity index is 375. The molecule has 1 saturated carbocycles. The number of fused-ring (bicyclic) bond motifs is 1. The maximum Gasteiger partial charge on any atom is 0.213 e. The molecule has 2 aliphatic rings. The van der Waals surface area contributed by atoms with Gasteiger partial charge in [0.15, 0.2) is 5.90 Å². The predicted octanol–water partition coefficient (Wildman–Crippen LogP) is 2.14. The molecular formula is C11H15FN2O. The molecule has 0 aromatic heterocycles. The van der Waals surface area contributed by atoms with Crippen molar-refractivity contribution in [1.29, 1.82) is 0 Å². The van der Waals surface area contributed by atoms with Gasteiger partial charge in [-0.25, -0.2) is 4.99 Å².